The molecule has 0 radical (unpaired) electrons. The van der Waals surface area contributed by atoms with Gasteiger partial charge in [-0.3, -0.25) is 0 Å². The molecule has 0 bridgehead atoms. The molecular formula is C22H26N6O2. The summed E-state index contributed by atoms with van der Waals surface area (Å²) in [6, 6.07) is 16.2. The van der Waals surface area contributed by atoms with Crippen LogP contribution < -0.4 is 26.0 Å². The fourth-order valence-corrected chi connectivity index (χ4v) is 2.75. The van der Waals surface area contributed by atoms with E-state index in [4.69, 9.17) is 4.74 Å². The van der Waals surface area contributed by atoms with E-state index in [2.05, 4.69) is 31.2 Å². The molecule has 0 spiro atoms. The molecule has 1 heterocycles. The number of carbonyl (C=O) groups is 1. The van der Waals surface area contributed by atoms with Gasteiger partial charge in [0.1, 0.15) is 11.6 Å². The van der Waals surface area contributed by atoms with E-state index >= 15 is 0 Å². The molecule has 0 saturated heterocycles. The summed E-state index contributed by atoms with van der Waals surface area (Å²) in [5.41, 5.74) is 3.08. The number of aryl methyl sites for hydroxylation is 1. The number of nitrogens with zero attached hydrogens (tertiary/aromatic N) is 2. The van der Waals surface area contributed by atoms with Crippen molar-refractivity contribution in [1.82, 2.24) is 9.97 Å². The first-order chi connectivity index (χ1) is 14.6. The summed E-state index contributed by atoms with van der Waals surface area (Å²) in [5.74, 6) is 2.06. The molecule has 1 aromatic heterocycles. The number of hydrogen-bond donors (Lipinski definition) is 4. The van der Waals surface area contributed by atoms with E-state index in [1.165, 1.54) is 0 Å². The minimum atomic E-state index is -0.318. The summed E-state index contributed by atoms with van der Waals surface area (Å²) >= 11 is 0. The molecule has 0 unspecified atom stereocenters. The molecule has 0 aliphatic heterocycles. The Hall–Kier alpha value is -3.81. The topological polar surface area (TPSA) is 100 Å². The van der Waals surface area contributed by atoms with Gasteiger partial charge in [0, 0.05) is 35.4 Å². The van der Waals surface area contributed by atoms with Gasteiger partial charge in [0.05, 0.1) is 6.61 Å². The first-order valence-electron chi connectivity index (χ1n) is 9.83. The number of amides is 2. The second kappa shape index (κ2) is 10.1. The molecule has 0 aliphatic rings. The van der Waals surface area contributed by atoms with Crippen LogP contribution in [-0.4, -0.2) is 29.2 Å². The zero-order chi connectivity index (χ0) is 21.3. The summed E-state index contributed by atoms with van der Waals surface area (Å²) in [5, 5.41) is 12.0. The van der Waals surface area contributed by atoms with Gasteiger partial charge in [0.15, 0.2) is 0 Å². The van der Waals surface area contributed by atoms with Gasteiger partial charge in [-0.2, -0.15) is 4.98 Å². The molecule has 0 atom stereocenters. The van der Waals surface area contributed by atoms with Crippen LogP contribution in [0.25, 0.3) is 0 Å². The van der Waals surface area contributed by atoms with Gasteiger partial charge in [-0.05, 0) is 69.3 Å². The van der Waals surface area contributed by atoms with Gasteiger partial charge in [0.2, 0.25) is 5.95 Å². The molecule has 3 aromatic rings. The van der Waals surface area contributed by atoms with Crippen LogP contribution in [0, 0.1) is 6.92 Å². The second-order valence-electron chi connectivity index (χ2n) is 6.49. The minimum Gasteiger partial charge on any atom is -0.494 e. The van der Waals surface area contributed by atoms with Crippen molar-refractivity contribution < 1.29 is 9.53 Å². The van der Waals surface area contributed by atoms with E-state index in [-0.39, 0.29) is 6.03 Å². The number of hydrogen-bond acceptors (Lipinski definition) is 6. The average Bonchev–Trinajstić information content (AvgIpc) is 2.71. The third kappa shape index (κ3) is 6.10. The van der Waals surface area contributed by atoms with Crippen LogP contribution in [0.4, 0.5) is 33.6 Å². The lowest BCUT2D eigenvalue weighted by atomic mass is 10.2. The number of benzene rings is 2. The molecular weight excluding hydrogens is 380 g/mol. The van der Waals surface area contributed by atoms with Crippen LogP contribution in [0.1, 0.15) is 19.5 Å². The molecule has 3 rings (SSSR count). The normalized spacial score (nSPS) is 10.2. The minimum absolute atomic E-state index is 0.318. The quantitative estimate of drug-likeness (QED) is 0.420. The Morgan fingerprint density at radius 1 is 0.900 bits per heavy atom. The van der Waals surface area contributed by atoms with Gasteiger partial charge in [-0.15, -0.1) is 0 Å². The highest BCUT2D eigenvalue weighted by atomic mass is 16.5. The third-order valence-electron chi connectivity index (χ3n) is 4.03. The van der Waals surface area contributed by atoms with Crippen LogP contribution in [0.2, 0.25) is 0 Å². The summed E-state index contributed by atoms with van der Waals surface area (Å²) in [6.45, 7) is 7.20. The predicted octanol–water partition coefficient (Wildman–Crippen LogP) is 5.00. The van der Waals surface area contributed by atoms with Crippen LogP contribution in [0.5, 0.6) is 5.75 Å². The fraction of sp³-hybridized carbons (Fsp3) is 0.227. The SMILES string of the molecule is CCNc1nc(C)cc(Nc2ccc(NC(=O)Nc3ccc(OCC)cc3)cc2)n1. The lowest BCUT2D eigenvalue weighted by Gasteiger charge is -2.11. The van der Waals surface area contributed by atoms with Gasteiger partial charge >= 0.3 is 6.03 Å². The molecule has 4 N–H and O–H groups in total. The average molecular weight is 406 g/mol. The van der Waals surface area contributed by atoms with E-state index < -0.39 is 0 Å². The monoisotopic (exact) mass is 406 g/mol. The lowest BCUT2D eigenvalue weighted by Crippen LogP contribution is -2.19. The smallest absolute Gasteiger partial charge is 0.323 e. The Kier molecular flexibility index (Phi) is 7.05. The standard InChI is InChI=1S/C22H26N6O2/c1-4-23-21-24-15(3)14-20(28-21)25-16-6-8-17(9-7-16)26-22(29)27-18-10-12-19(13-11-18)30-5-2/h6-14H,4-5H2,1-3H3,(H2,26,27,29)(H2,23,24,25,28). The van der Waals surface area contributed by atoms with Crippen molar-refractivity contribution in [2.45, 2.75) is 20.8 Å². The maximum absolute atomic E-state index is 12.2. The maximum atomic E-state index is 12.2. The zero-order valence-electron chi connectivity index (χ0n) is 17.3. The lowest BCUT2D eigenvalue weighted by molar-refractivity contribution is 0.262. The number of rotatable bonds is 8. The van der Waals surface area contributed by atoms with Gasteiger partial charge in [-0.25, -0.2) is 9.78 Å². The first-order valence-corrected chi connectivity index (χ1v) is 9.83. The maximum Gasteiger partial charge on any atom is 0.323 e. The van der Waals surface area contributed by atoms with Crippen molar-refractivity contribution in [2.24, 2.45) is 0 Å². The number of ether oxygens (including phenoxy) is 1. The van der Waals surface area contributed by atoms with Crippen molar-refractivity contribution in [1.29, 1.82) is 0 Å². The van der Waals surface area contributed by atoms with Crippen molar-refractivity contribution in [3.63, 3.8) is 0 Å². The van der Waals surface area contributed by atoms with Crippen LogP contribution in [-0.2, 0) is 0 Å². The Labute approximate surface area is 176 Å². The number of anilines is 5. The van der Waals surface area contributed by atoms with E-state index in [0.717, 1.165) is 23.7 Å². The summed E-state index contributed by atoms with van der Waals surface area (Å²) in [4.78, 5) is 21.0. The molecule has 8 nitrogen and oxygen atoms in total. The Balaban J connectivity index is 1.57. The van der Waals surface area contributed by atoms with Gasteiger partial charge in [-0.1, -0.05) is 0 Å². The Morgan fingerprint density at radius 2 is 1.50 bits per heavy atom. The molecule has 30 heavy (non-hydrogen) atoms. The van der Waals surface area contributed by atoms with Crippen molar-refractivity contribution in [2.75, 3.05) is 34.4 Å². The van der Waals surface area contributed by atoms with Crippen LogP contribution in [0.15, 0.2) is 54.6 Å². The van der Waals surface area contributed by atoms with Crippen molar-refractivity contribution in [3.8, 4) is 5.75 Å². The molecule has 0 saturated carbocycles. The number of urea groups is 1. The van der Waals surface area contributed by atoms with Crippen molar-refractivity contribution >= 4 is 34.9 Å². The summed E-state index contributed by atoms with van der Waals surface area (Å²) in [7, 11) is 0. The Morgan fingerprint density at radius 3 is 2.10 bits per heavy atom. The van der Waals surface area contributed by atoms with E-state index in [0.29, 0.717) is 29.7 Å². The molecule has 2 amide bonds. The molecule has 0 aliphatic carbocycles. The first kappa shape index (κ1) is 20.9. The zero-order valence-corrected chi connectivity index (χ0v) is 17.3. The van der Waals surface area contributed by atoms with E-state index in [9.17, 15) is 4.79 Å². The van der Waals surface area contributed by atoms with E-state index in [1.54, 1.807) is 12.1 Å². The van der Waals surface area contributed by atoms with Crippen LogP contribution >= 0.6 is 0 Å². The largest absolute Gasteiger partial charge is 0.494 e. The highest BCUT2D eigenvalue weighted by Gasteiger charge is 2.05. The van der Waals surface area contributed by atoms with Gasteiger partial charge < -0.3 is 26.0 Å². The summed E-state index contributed by atoms with van der Waals surface area (Å²) in [6.07, 6.45) is 0. The van der Waals surface area contributed by atoms with Gasteiger partial charge in [0.25, 0.3) is 0 Å². The second-order valence-corrected chi connectivity index (χ2v) is 6.49. The molecule has 2 aromatic carbocycles. The highest BCUT2D eigenvalue weighted by Crippen LogP contribution is 2.20. The number of nitrogens with one attached hydrogen (secondary N) is 4. The Bertz CT molecular complexity index is 974. The molecule has 156 valence electrons. The summed E-state index contributed by atoms with van der Waals surface area (Å²) < 4.78 is 5.39. The fourth-order valence-electron chi connectivity index (χ4n) is 2.75. The molecule has 0 fully saturated rings. The third-order valence-corrected chi connectivity index (χ3v) is 4.03. The van der Waals surface area contributed by atoms with Crippen LogP contribution in [0.3, 0.4) is 0 Å². The van der Waals surface area contributed by atoms with E-state index in [1.807, 2.05) is 63.2 Å². The number of aromatic nitrogens is 2. The van der Waals surface area contributed by atoms with Crippen molar-refractivity contribution in [3.05, 3.63) is 60.3 Å². The molecule has 8 heteroatoms. The predicted molar refractivity (Wildman–Crippen MR) is 121 cm³/mol. The highest BCUT2D eigenvalue weighted by molar-refractivity contribution is 5.99. The number of carbonyl (C=O) groups excluding carboxylic acids is 1.